The minimum Gasteiger partial charge on any atom is -0.452 e. The lowest BCUT2D eigenvalue weighted by Gasteiger charge is -2.23. The Bertz CT molecular complexity index is 1310. The lowest BCUT2D eigenvalue weighted by Crippen LogP contribution is -2.35. The van der Waals surface area contributed by atoms with Gasteiger partial charge in [0.15, 0.2) is 6.61 Å². The van der Waals surface area contributed by atoms with Gasteiger partial charge < -0.3 is 9.64 Å². The van der Waals surface area contributed by atoms with Gasteiger partial charge in [0, 0.05) is 18.8 Å². The standard InChI is InChI=1S/C26H25N3O5S/c1-2-29(23-14-7-4-8-15-23)35(32,33)24-16-9-11-21(19-24)26(31)34-20-25(30)28(18-10-17-27)22-12-5-3-6-13-22/h3-9,11-16,19H,2,10,18,20H2,1H3. The summed E-state index contributed by atoms with van der Waals surface area (Å²) in [6, 6.07) is 24.9. The number of anilines is 2. The summed E-state index contributed by atoms with van der Waals surface area (Å²) in [5.74, 6) is -1.32. The Balaban J connectivity index is 1.75. The Labute approximate surface area is 205 Å². The van der Waals surface area contributed by atoms with Crippen LogP contribution in [0, 0.1) is 11.3 Å². The van der Waals surface area contributed by atoms with E-state index in [2.05, 4.69) is 0 Å². The zero-order valence-corrected chi connectivity index (χ0v) is 20.0. The summed E-state index contributed by atoms with van der Waals surface area (Å²) in [5, 5.41) is 8.91. The third-order valence-electron chi connectivity index (χ3n) is 5.13. The normalized spacial score (nSPS) is 10.7. The first-order chi connectivity index (χ1) is 16.9. The molecule has 3 aromatic rings. The van der Waals surface area contributed by atoms with Crippen LogP contribution in [0.25, 0.3) is 0 Å². The van der Waals surface area contributed by atoms with Gasteiger partial charge in [0.25, 0.3) is 15.9 Å². The quantitative estimate of drug-likeness (QED) is 0.397. The van der Waals surface area contributed by atoms with E-state index in [1.54, 1.807) is 67.6 Å². The summed E-state index contributed by atoms with van der Waals surface area (Å²) in [6.45, 7) is 1.52. The predicted molar refractivity (Wildman–Crippen MR) is 132 cm³/mol. The Kier molecular flexibility index (Phi) is 8.59. The highest BCUT2D eigenvalue weighted by Crippen LogP contribution is 2.24. The summed E-state index contributed by atoms with van der Waals surface area (Å²) >= 11 is 0. The molecule has 0 heterocycles. The molecule has 9 heteroatoms. The van der Waals surface area contributed by atoms with Crippen LogP contribution in [0.15, 0.2) is 89.8 Å². The molecule has 0 saturated heterocycles. The van der Waals surface area contributed by atoms with E-state index in [0.717, 1.165) is 0 Å². The third-order valence-corrected chi connectivity index (χ3v) is 7.03. The molecule has 0 aliphatic rings. The Morgan fingerprint density at radius 1 is 0.914 bits per heavy atom. The average molecular weight is 492 g/mol. The van der Waals surface area contributed by atoms with Crippen LogP contribution in [0.2, 0.25) is 0 Å². The number of para-hydroxylation sites is 2. The second-order valence-electron chi connectivity index (χ2n) is 7.40. The van der Waals surface area contributed by atoms with Gasteiger partial charge in [-0.2, -0.15) is 5.26 Å². The van der Waals surface area contributed by atoms with Crippen molar-refractivity contribution < 1.29 is 22.7 Å². The highest BCUT2D eigenvalue weighted by atomic mass is 32.2. The van der Waals surface area contributed by atoms with Crippen LogP contribution < -0.4 is 9.21 Å². The minimum absolute atomic E-state index is 0.00581. The van der Waals surface area contributed by atoms with Crippen molar-refractivity contribution in [3.63, 3.8) is 0 Å². The molecule has 8 nitrogen and oxygen atoms in total. The van der Waals surface area contributed by atoms with E-state index in [9.17, 15) is 18.0 Å². The highest BCUT2D eigenvalue weighted by Gasteiger charge is 2.25. The van der Waals surface area contributed by atoms with Crippen molar-refractivity contribution in [1.82, 2.24) is 0 Å². The zero-order valence-electron chi connectivity index (χ0n) is 19.2. The molecule has 0 spiro atoms. The monoisotopic (exact) mass is 491 g/mol. The molecule has 3 aromatic carbocycles. The zero-order chi connectivity index (χ0) is 25.3. The molecular weight excluding hydrogens is 466 g/mol. The predicted octanol–water partition coefficient (Wildman–Crippen LogP) is 4.01. The van der Waals surface area contributed by atoms with Crippen LogP contribution in [0.1, 0.15) is 23.7 Å². The van der Waals surface area contributed by atoms with Crippen LogP contribution >= 0.6 is 0 Å². The second kappa shape index (κ2) is 11.8. The van der Waals surface area contributed by atoms with Crippen LogP contribution in [-0.2, 0) is 19.6 Å². The Morgan fingerprint density at radius 2 is 1.54 bits per heavy atom. The van der Waals surface area contributed by atoms with Crippen LogP contribution in [0.5, 0.6) is 0 Å². The maximum Gasteiger partial charge on any atom is 0.338 e. The molecule has 0 aliphatic carbocycles. The average Bonchev–Trinajstić information content (AvgIpc) is 2.89. The van der Waals surface area contributed by atoms with Gasteiger partial charge in [0.1, 0.15) is 0 Å². The number of ether oxygens (including phenoxy) is 1. The smallest absolute Gasteiger partial charge is 0.338 e. The number of carbonyl (C=O) groups is 2. The number of sulfonamides is 1. The highest BCUT2D eigenvalue weighted by molar-refractivity contribution is 7.92. The third kappa shape index (κ3) is 6.25. The first-order valence-electron chi connectivity index (χ1n) is 11.0. The van der Waals surface area contributed by atoms with Crippen molar-refractivity contribution in [2.45, 2.75) is 18.2 Å². The molecule has 0 N–H and O–H groups in total. The molecular formula is C26H25N3O5S. The molecule has 0 unspecified atom stereocenters. The van der Waals surface area contributed by atoms with Crippen molar-refractivity contribution in [1.29, 1.82) is 5.26 Å². The first-order valence-corrected chi connectivity index (χ1v) is 12.4. The first kappa shape index (κ1) is 25.5. The maximum absolute atomic E-state index is 13.2. The van der Waals surface area contributed by atoms with Crippen molar-refractivity contribution >= 4 is 33.3 Å². The van der Waals surface area contributed by atoms with E-state index >= 15 is 0 Å². The molecule has 0 aliphatic heterocycles. The Morgan fingerprint density at radius 3 is 2.14 bits per heavy atom. The van der Waals surface area contributed by atoms with Gasteiger partial charge in [0.2, 0.25) is 0 Å². The van der Waals surface area contributed by atoms with Crippen molar-refractivity contribution in [2.75, 3.05) is 28.9 Å². The number of hydrogen-bond acceptors (Lipinski definition) is 6. The fraction of sp³-hybridized carbons (Fsp3) is 0.192. The molecule has 3 rings (SSSR count). The van der Waals surface area contributed by atoms with Gasteiger partial charge >= 0.3 is 5.97 Å². The van der Waals surface area contributed by atoms with E-state index in [0.29, 0.717) is 11.4 Å². The van der Waals surface area contributed by atoms with Gasteiger partial charge in [-0.05, 0) is 49.4 Å². The van der Waals surface area contributed by atoms with E-state index in [4.69, 9.17) is 10.00 Å². The maximum atomic E-state index is 13.2. The Hall–Kier alpha value is -4.16. The van der Waals surface area contributed by atoms with Gasteiger partial charge in [-0.25, -0.2) is 13.2 Å². The molecule has 0 aromatic heterocycles. The number of hydrogen-bond donors (Lipinski definition) is 0. The summed E-state index contributed by atoms with van der Waals surface area (Å²) in [6.07, 6.45) is 0.115. The van der Waals surface area contributed by atoms with Crippen molar-refractivity contribution in [3.05, 3.63) is 90.5 Å². The van der Waals surface area contributed by atoms with Gasteiger partial charge in [-0.1, -0.05) is 42.5 Å². The van der Waals surface area contributed by atoms with Crippen LogP contribution in [0.4, 0.5) is 11.4 Å². The summed E-state index contributed by atoms with van der Waals surface area (Å²) in [4.78, 5) is 26.7. The van der Waals surface area contributed by atoms with E-state index in [1.807, 2.05) is 6.07 Å². The van der Waals surface area contributed by atoms with Crippen LogP contribution in [-0.4, -0.2) is 40.0 Å². The molecule has 0 radical (unpaired) electrons. The fourth-order valence-corrected chi connectivity index (χ4v) is 4.97. The summed E-state index contributed by atoms with van der Waals surface area (Å²) in [5.41, 5.74) is 1.09. The number of carbonyl (C=O) groups excluding carboxylic acids is 2. The van der Waals surface area contributed by atoms with E-state index in [1.165, 1.54) is 33.5 Å². The number of nitrogens with zero attached hydrogens (tertiary/aromatic N) is 3. The molecule has 35 heavy (non-hydrogen) atoms. The SMILES string of the molecule is CCN(c1ccccc1)S(=O)(=O)c1cccc(C(=O)OCC(=O)N(CCC#N)c2ccccc2)c1. The molecule has 1 amide bonds. The summed E-state index contributed by atoms with van der Waals surface area (Å²) in [7, 11) is -3.93. The number of esters is 1. The van der Waals surface area contributed by atoms with Crippen molar-refractivity contribution in [3.8, 4) is 6.07 Å². The van der Waals surface area contributed by atoms with Crippen LogP contribution in [0.3, 0.4) is 0 Å². The molecule has 0 bridgehead atoms. The van der Waals surface area contributed by atoms with Gasteiger partial charge in [-0.15, -0.1) is 0 Å². The summed E-state index contributed by atoms with van der Waals surface area (Å²) < 4.78 is 32.9. The molecule has 180 valence electrons. The fourth-order valence-electron chi connectivity index (χ4n) is 3.45. The van der Waals surface area contributed by atoms with Gasteiger partial charge in [0.05, 0.1) is 28.6 Å². The van der Waals surface area contributed by atoms with Gasteiger partial charge in [-0.3, -0.25) is 9.10 Å². The largest absolute Gasteiger partial charge is 0.452 e. The lowest BCUT2D eigenvalue weighted by molar-refractivity contribution is -0.121. The van der Waals surface area contributed by atoms with Crippen molar-refractivity contribution in [2.24, 2.45) is 0 Å². The number of nitriles is 1. The molecule has 0 saturated carbocycles. The van der Waals surface area contributed by atoms with E-state index < -0.39 is 28.5 Å². The second-order valence-corrected chi connectivity index (χ2v) is 9.26. The number of benzene rings is 3. The minimum atomic E-state index is -3.93. The number of rotatable bonds is 10. The molecule has 0 atom stereocenters. The molecule has 0 fully saturated rings. The topological polar surface area (TPSA) is 108 Å². The lowest BCUT2D eigenvalue weighted by atomic mass is 10.2. The number of amides is 1. The van der Waals surface area contributed by atoms with E-state index in [-0.39, 0.29) is 30.0 Å².